The Morgan fingerprint density at radius 2 is 1.58 bits per heavy atom. The van der Waals surface area contributed by atoms with E-state index in [9.17, 15) is 4.21 Å². The van der Waals surface area contributed by atoms with Gasteiger partial charge in [0.25, 0.3) is 0 Å². The van der Waals surface area contributed by atoms with Crippen molar-refractivity contribution in [1.82, 2.24) is 0 Å². The molecule has 0 bridgehead atoms. The van der Waals surface area contributed by atoms with Crippen molar-refractivity contribution in [2.24, 2.45) is 0 Å². The number of aryl methyl sites for hydroxylation is 3. The maximum absolute atomic E-state index is 12.8. The van der Waals surface area contributed by atoms with Crippen LogP contribution in [0, 0.1) is 20.8 Å². The molecule has 2 aromatic carbocycles. The van der Waals surface area contributed by atoms with E-state index in [4.69, 9.17) is 4.74 Å². The van der Waals surface area contributed by atoms with Crippen molar-refractivity contribution in [1.29, 1.82) is 0 Å². The smallest absolute Gasteiger partial charge is 0.135 e. The summed E-state index contributed by atoms with van der Waals surface area (Å²) < 4.78 is 18.1. The number of methoxy groups -OCH3 is 1. The van der Waals surface area contributed by atoms with E-state index in [1.54, 1.807) is 7.11 Å². The molecular formula is C16H18O2S. The summed E-state index contributed by atoms with van der Waals surface area (Å²) >= 11 is 0. The van der Waals surface area contributed by atoms with E-state index >= 15 is 0 Å². The normalized spacial score (nSPS) is 12.2. The van der Waals surface area contributed by atoms with Gasteiger partial charge in [0.1, 0.15) is 5.75 Å². The third-order valence-corrected chi connectivity index (χ3v) is 4.81. The summed E-state index contributed by atoms with van der Waals surface area (Å²) in [5.41, 5.74) is 3.30. The number of rotatable bonds is 3. The summed E-state index contributed by atoms with van der Waals surface area (Å²) in [7, 11) is 0.387. The SMILES string of the molecule is COc1ccccc1S(=O)c1c(C)cc(C)cc1C. The van der Waals surface area contributed by atoms with Gasteiger partial charge in [0.2, 0.25) is 0 Å². The molecular weight excluding hydrogens is 256 g/mol. The summed E-state index contributed by atoms with van der Waals surface area (Å²) in [6, 6.07) is 11.6. The Morgan fingerprint density at radius 3 is 2.16 bits per heavy atom. The van der Waals surface area contributed by atoms with Crippen LogP contribution >= 0.6 is 0 Å². The zero-order valence-corrected chi connectivity index (χ0v) is 12.5. The summed E-state index contributed by atoms with van der Waals surface area (Å²) in [6.45, 7) is 6.06. The number of benzene rings is 2. The maximum Gasteiger partial charge on any atom is 0.135 e. The lowest BCUT2D eigenvalue weighted by Gasteiger charge is -2.13. The molecule has 0 aliphatic rings. The number of ether oxygens (including phenoxy) is 1. The van der Waals surface area contributed by atoms with Crippen LogP contribution in [0.15, 0.2) is 46.2 Å². The molecule has 2 rings (SSSR count). The quantitative estimate of drug-likeness (QED) is 0.851. The first-order chi connectivity index (χ1) is 9.04. The number of hydrogen-bond donors (Lipinski definition) is 0. The zero-order valence-electron chi connectivity index (χ0n) is 11.7. The van der Waals surface area contributed by atoms with Gasteiger partial charge in [-0.1, -0.05) is 29.8 Å². The number of hydrogen-bond acceptors (Lipinski definition) is 2. The second-order valence-electron chi connectivity index (χ2n) is 4.65. The lowest BCUT2D eigenvalue weighted by Crippen LogP contribution is -2.01. The third-order valence-electron chi connectivity index (χ3n) is 3.06. The van der Waals surface area contributed by atoms with Crippen LogP contribution < -0.4 is 4.74 Å². The first kappa shape index (κ1) is 13.8. The van der Waals surface area contributed by atoms with Crippen LogP contribution in [0.2, 0.25) is 0 Å². The highest BCUT2D eigenvalue weighted by Gasteiger charge is 2.16. The van der Waals surface area contributed by atoms with Gasteiger partial charge in [-0.15, -0.1) is 0 Å². The zero-order chi connectivity index (χ0) is 14.0. The molecule has 0 saturated heterocycles. The molecule has 2 aromatic rings. The fourth-order valence-corrected chi connectivity index (χ4v) is 3.80. The molecule has 0 N–H and O–H groups in total. The molecule has 0 aliphatic heterocycles. The summed E-state index contributed by atoms with van der Waals surface area (Å²) in [4.78, 5) is 1.61. The van der Waals surface area contributed by atoms with Gasteiger partial charge in [-0.2, -0.15) is 0 Å². The number of para-hydroxylation sites is 1. The Labute approximate surface area is 116 Å². The first-order valence-electron chi connectivity index (χ1n) is 6.17. The van der Waals surface area contributed by atoms with Gasteiger partial charge in [-0.3, -0.25) is 0 Å². The molecule has 0 spiro atoms. The molecule has 1 atom stereocenters. The Morgan fingerprint density at radius 1 is 1.00 bits per heavy atom. The van der Waals surface area contributed by atoms with E-state index in [0.717, 1.165) is 20.9 Å². The molecule has 0 aromatic heterocycles. The van der Waals surface area contributed by atoms with Crippen LogP contribution in [0.1, 0.15) is 16.7 Å². The predicted molar refractivity (Wildman–Crippen MR) is 78.3 cm³/mol. The molecule has 3 heteroatoms. The minimum absolute atomic E-state index is 0.667. The lowest BCUT2D eigenvalue weighted by molar-refractivity contribution is 0.404. The Hall–Kier alpha value is -1.61. The second kappa shape index (κ2) is 5.57. The van der Waals surface area contributed by atoms with Crippen molar-refractivity contribution in [2.45, 2.75) is 30.6 Å². The van der Waals surface area contributed by atoms with Crippen molar-refractivity contribution in [3.05, 3.63) is 53.1 Å². The standard InChI is InChI=1S/C16H18O2S/c1-11-9-12(2)16(13(3)10-11)19(17)15-8-6-5-7-14(15)18-4/h5-10H,1-4H3. The largest absolute Gasteiger partial charge is 0.495 e. The van der Waals surface area contributed by atoms with Crippen molar-refractivity contribution in [2.75, 3.05) is 7.11 Å². The molecule has 0 radical (unpaired) electrons. The van der Waals surface area contributed by atoms with Gasteiger partial charge in [-0.25, -0.2) is 4.21 Å². The highest BCUT2D eigenvalue weighted by atomic mass is 32.2. The average Bonchev–Trinajstić information content (AvgIpc) is 2.37. The van der Waals surface area contributed by atoms with Gasteiger partial charge in [0, 0.05) is 4.90 Å². The molecule has 0 fully saturated rings. The first-order valence-corrected chi connectivity index (χ1v) is 7.32. The highest BCUT2D eigenvalue weighted by Crippen LogP contribution is 2.29. The Balaban J connectivity index is 2.57. The fourth-order valence-electron chi connectivity index (χ4n) is 2.34. The van der Waals surface area contributed by atoms with E-state index in [2.05, 4.69) is 19.1 Å². The molecule has 0 saturated carbocycles. The Kier molecular flexibility index (Phi) is 4.05. The van der Waals surface area contributed by atoms with Crippen molar-refractivity contribution >= 4 is 10.8 Å². The minimum atomic E-state index is -1.21. The summed E-state index contributed by atoms with van der Waals surface area (Å²) in [5.74, 6) is 0.667. The molecule has 1 unspecified atom stereocenters. The Bertz CT molecular complexity index is 609. The van der Waals surface area contributed by atoms with Crippen LogP contribution in [0.25, 0.3) is 0 Å². The van der Waals surface area contributed by atoms with Gasteiger partial charge >= 0.3 is 0 Å². The van der Waals surface area contributed by atoms with Gasteiger partial charge in [0.05, 0.1) is 22.8 Å². The topological polar surface area (TPSA) is 26.3 Å². The van der Waals surface area contributed by atoms with Crippen LogP contribution in [0.5, 0.6) is 5.75 Å². The van der Waals surface area contributed by atoms with E-state index in [0.29, 0.717) is 5.75 Å². The molecule has 19 heavy (non-hydrogen) atoms. The van der Waals surface area contributed by atoms with Gasteiger partial charge in [-0.05, 0) is 44.0 Å². The van der Waals surface area contributed by atoms with Gasteiger partial charge in [0.15, 0.2) is 0 Å². The summed E-state index contributed by atoms with van der Waals surface area (Å²) in [6.07, 6.45) is 0. The van der Waals surface area contributed by atoms with Crippen LogP contribution in [-0.2, 0) is 10.8 Å². The second-order valence-corrected chi connectivity index (χ2v) is 6.03. The monoisotopic (exact) mass is 274 g/mol. The van der Waals surface area contributed by atoms with E-state index in [-0.39, 0.29) is 0 Å². The van der Waals surface area contributed by atoms with Crippen molar-refractivity contribution in [3.63, 3.8) is 0 Å². The van der Waals surface area contributed by atoms with Crippen molar-refractivity contribution < 1.29 is 8.95 Å². The van der Waals surface area contributed by atoms with E-state index in [1.807, 2.05) is 38.1 Å². The minimum Gasteiger partial charge on any atom is -0.495 e. The van der Waals surface area contributed by atoms with Gasteiger partial charge < -0.3 is 4.74 Å². The molecule has 2 nitrogen and oxygen atoms in total. The molecule has 0 heterocycles. The van der Waals surface area contributed by atoms with E-state index < -0.39 is 10.8 Å². The fraction of sp³-hybridized carbons (Fsp3) is 0.250. The van der Waals surface area contributed by atoms with Crippen LogP contribution in [-0.4, -0.2) is 11.3 Å². The third kappa shape index (κ3) is 2.71. The van der Waals surface area contributed by atoms with E-state index in [1.165, 1.54) is 5.56 Å². The van der Waals surface area contributed by atoms with Crippen LogP contribution in [0.3, 0.4) is 0 Å². The lowest BCUT2D eigenvalue weighted by atomic mass is 10.1. The van der Waals surface area contributed by atoms with Crippen LogP contribution in [0.4, 0.5) is 0 Å². The summed E-state index contributed by atoms with van der Waals surface area (Å²) in [5, 5.41) is 0. The average molecular weight is 274 g/mol. The predicted octanol–water partition coefficient (Wildman–Crippen LogP) is 3.79. The molecule has 0 aliphatic carbocycles. The van der Waals surface area contributed by atoms with Crippen molar-refractivity contribution in [3.8, 4) is 5.75 Å². The maximum atomic E-state index is 12.8. The highest BCUT2D eigenvalue weighted by molar-refractivity contribution is 7.85. The molecule has 0 amide bonds. The molecule has 100 valence electrons.